The van der Waals surface area contributed by atoms with E-state index in [2.05, 4.69) is 11.4 Å². The van der Waals surface area contributed by atoms with Gasteiger partial charge in [0.2, 0.25) is 5.91 Å². The number of aryl methyl sites for hydroxylation is 1. The van der Waals surface area contributed by atoms with Crippen LogP contribution in [0.25, 0.3) is 5.57 Å². The summed E-state index contributed by atoms with van der Waals surface area (Å²) in [6.45, 7) is 1.24. The van der Waals surface area contributed by atoms with Gasteiger partial charge in [-0.2, -0.15) is 0 Å². The smallest absolute Gasteiger partial charge is 0.326 e. The fourth-order valence-electron chi connectivity index (χ4n) is 4.45. The molecular formula is C30H28Cl2N2O4. The van der Waals surface area contributed by atoms with Gasteiger partial charge < -0.3 is 15.3 Å². The lowest BCUT2D eigenvalue weighted by Gasteiger charge is -2.27. The van der Waals surface area contributed by atoms with Gasteiger partial charge in [0, 0.05) is 25.9 Å². The zero-order valence-electron chi connectivity index (χ0n) is 20.7. The second kappa shape index (κ2) is 12.8. The van der Waals surface area contributed by atoms with Crippen LogP contribution in [0, 0.1) is 0 Å². The molecule has 1 aliphatic rings. The lowest BCUT2D eigenvalue weighted by atomic mass is 9.96. The van der Waals surface area contributed by atoms with Crippen molar-refractivity contribution in [1.82, 2.24) is 10.2 Å². The van der Waals surface area contributed by atoms with Crippen LogP contribution in [0.4, 0.5) is 0 Å². The predicted octanol–water partition coefficient (Wildman–Crippen LogP) is 5.67. The van der Waals surface area contributed by atoms with E-state index in [0.717, 1.165) is 35.1 Å². The fourth-order valence-corrected chi connectivity index (χ4v) is 5.02. The molecule has 3 aromatic rings. The van der Waals surface area contributed by atoms with Crippen molar-refractivity contribution in [2.45, 2.75) is 31.7 Å². The van der Waals surface area contributed by atoms with Crippen molar-refractivity contribution in [2.24, 2.45) is 0 Å². The van der Waals surface area contributed by atoms with Crippen molar-refractivity contribution < 1.29 is 19.5 Å². The number of halogens is 2. The zero-order valence-corrected chi connectivity index (χ0v) is 22.2. The van der Waals surface area contributed by atoms with Crippen LogP contribution in [-0.4, -0.2) is 46.9 Å². The Bertz CT molecular complexity index is 1320. The summed E-state index contributed by atoms with van der Waals surface area (Å²) in [5.41, 5.74) is 4.16. The molecular weight excluding hydrogens is 523 g/mol. The highest BCUT2D eigenvalue weighted by molar-refractivity contribution is 6.39. The quantitative estimate of drug-likeness (QED) is 0.359. The number of rotatable bonds is 9. The molecule has 0 unspecified atom stereocenters. The molecule has 2 N–H and O–H groups in total. The molecule has 0 spiro atoms. The number of hydrogen-bond acceptors (Lipinski definition) is 3. The Morgan fingerprint density at radius 2 is 1.58 bits per heavy atom. The Morgan fingerprint density at radius 3 is 2.18 bits per heavy atom. The number of nitrogens with zero attached hydrogens (tertiary/aromatic N) is 1. The summed E-state index contributed by atoms with van der Waals surface area (Å²) < 4.78 is 0. The first-order chi connectivity index (χ1) is 18.3. The van der Waals surface area contributed by atoms with E-state index in [1.807, 2.05) is 59.5 Å². The van der Waals surface area contributed by atoms with Gasteiger partial charge in [-0.15, -0.1) is 0 Å². The van der Waals surface area contributed by atoms with Gasteiger partial charge >= 0.3 is 5.97 Å². The minimum atomic E-state index is -1.15. The van der Waals surface area contributed by atoms with Gasteiger partial charge in [0.25, 0.3) is 5.91 Å². The molecule has 8 heteroatoms. The number of carbonyl (C=O) groups is 3. The van der Waals surface area contributed by atoms with Crippen LogP contribution in [-0.2, 0) is 22.4 Å². The molecule has 38 heavy (non-hydrogen) atoms. The lowest BCUT2D eigenvalue weighted by Crippen LogP contribution is -2.42. The van der Waals surface area contributed by atoms with Gasteiger partial charge in [-0.1, -0.05) is 89.9 Å². The molecule has 4 rings (SSSR count). The fraction of sp³-hybridized carbons (Fsp3) is 0.233. The number of benzene rings is 3. The monoisotopic (exact) mass is 550 g/mol. The maximum atomic E-state index is 12.7. The van der Waals surface area contributed by atoms with E-state index in [9.17, 15) is 19.5 Å². The minimum Gasteiger partial charge on any atom is -0.480 e. The van der Waals surface area contributed by atoms with Crippen LogP contribution >= 0.6 is 23.2 Å². The van der Waals surface area contributed by atoms with Crippen molar-refractivity contribution in [3.63, 3.8) is 0 Å². The Labute approximate surface area is 231 Å². The van der Waals surface area contributed by atoms with E-state index in [4.69, 9.17) is 23.2 Å². The number of aliphatic carboxylic acids is 1. The van der Waals surface area contributed by atoms with Crippen molar-refractivity contribution >= 4 is 46.6 Å². The van der Waals surface area contributed by atoms with Crippen LogP contribution in [0.2, 0.25) is 10.0 Å². The Balaban J connectivity index is 1.33. The van der Waals surface area contributed by atoms with Gasteiger partial charge in [-0.25, -0.2) is 4.79 Å². The number of carbonyl (C=O) groups excluding carboxylic acids is 2. The van der Waals surface area contributed by atoms with E-state index < -0.39 is 17.9 Å². The molecule has 0 saturated carbocycles. The van der Waals surface area contributed by atoms with Gasteiger partial charge in [0.05, 0.1) is 15.6 Å². The van der Waals surface area contributed by atoms with E-state index in [1.165, 1.54) is 12.1 Å². The van der Waals surface area contributed by atoms with Crippen molar-refractivity contribution in [2.75, 3.05) is 13.1 Å². The average Bonchev–Trinajstić information content (AvgIpc) is 2.92. The van der Waals surface area contributed by atoms with Crippen LogP contribution < -0.4 is 5.32 Å². The molecule has 2 amide bonds. The van der Waals surface area contributed by atoms with E-state index in [0.29, 0.717) is 19.5 Å². The Hall–Kier alpha value is -3.61. The SMILES string of the molecule is O=C(N[C@@H](Cc1ccc(C2=CCN(C(=O)CCc3ccccc3)CC2)cc1)C(=O)O)c1c(Cl)cccc1Cl. The summed E-state index contributed by atoms with van der Waals surface area (Å²) in [7, 11) is 0. The van der Waals surface area contributed by atoms with Crippen molar-refractivity contribution in [1.29, 1.82) is 0 Å². The first-order valence-electron chi connectivity index (χ1n) is 12.4. The first kappa shape index (κ1) is 27.4. The van der Waals surface area contributed by atoms with Gasteiger partial charge in [0.15, 0.2) is 0 Å². The highest BCUT2D eigenvalue weighted by Crippen LogP contribution is 2.25. The van der Waals surface area contributed by atoms with Crippen LogP contribution in [0.3, 0.4) is 0 Å². The summed E-state index contributed by atoms with van der Waals surface area (Å²) in [5, 5.41) is 12.5. The topological polar surface area (TPSA) is 86.7 Å². The second-order valence-electron chi connectivity index (χ2n) is 9.17. The van der Waals surface area contributed by atoms with Crippen LogP contribution in [0.1, 0.15) is 39.9 Å². The maximum absolute atomic E-state index is 12.7. The molecule has 196 valence electrons. The summed E-state index contributed by atoms with van der Waals surface area (Å²) in [6, 6.07) is 21.1. The molecule has 0 fully saturated rings. The standard InChI is InChI=1S/C30H28Cl2N2O4/c31-24-7-4-8-25(32)28(24)29(36)33-26(30(37)38)19-21-9-12-22(13-10-21)23-15-17-34(18-16-23)27(35)14-11-20-5-2-1-3-6-20/h1-10,12-13,15,26H,11,14,16-19H2,(H,33,36)(H,37,38)/t26-/m0/s1. The first-order valence-corrected chi connectivity index (χ1v) is 13.1. The molecule has 0 aliphatic carbocycles. The number of amides is 2. The Morgan fingerprint density at radius 1 is 0.895 bits per heavy atom. The van der Waals surface area contributed by atoms with Crippen LogP contribution in [0.15, 0.2) is 78.9 Å². The Kier molecular flexibility index (Phi) is 9.21. The van der Waals surface area contributed by atoms with Crippen molar-refractivity contribution in [3.8, 4) is 0 Å². The number of carboxylic acid groups (broad SMARTS) is 1. The second-order valence-corrected chi connectivity index (χ2v) is 9.98. The van der Waals surface area contributed by atoms with E-state index in [1.54, 1.807) is 6.07 Å². The molecule has 3 aromatic carbocycles. The molecule has 0 saturated heterocycles. The summed E-state index contributed by atoms with van der Waals surface area (Å²) in [6.07, 6.45) is 4.16. The summed E-state index contributed by atoms with van der Waals surface area (Å²) in [4.78, 5) is 39.0. The third-order valence-corrected chi connectivity index (χ3v) is 7.22. The molecule has 6 nitrogen and oxygen atoms in total. The van der Waals surface area contributed by atoms with E-state index >= 15 is 0 Å². The third-order valence-electron chi connectivity index (χ3n) is 6.59. The number of carboxylic acids is 1. The third kappa shape index (κ3) is 7.03. The number of hydrogen-bond donors (Lipinski definition) is 2. The lowest BCUT2D eigenvalue weighted by molar-refractivity contribution is -0.139. The number of nitrogens with one attached hydrogen (secondary N) is 1. The van der Waals surface area contributed by atoms with Crippen LogP contribution in [0.5, 0.6) is 0 Å². The van der Waals surface area contributed by atoms with Crippen molar-refractivity contribution in [3.05, 3.63) is 111 Å². The summed E-state index contributed by atoms with van der Waals surface area (Å²) >= 11 is 12.2. The molecule has 0 aromatic heterocycles. The van der Waals surface area contributed by atoms with Gasteiger partial charge in [-0.3, -0.25) is 9.59 Å². The molecule has 0 radical (unpaired) electrons. The van der Waals surface area contributed by atoms with Gasteiger partial charge in [0.1, 0.15) is 6.04 Å². The zero-order chi connectivity index (χ0) is 27.1. The minimum absolute atomic E-state index is 0.0502. The molecule has 1 atom stereocenters. The average molecular weight is 551 g/mol. The van der Waals surface area contributed by atoms with E-state index in [-0.39, 0.29) is 27.9 Å². The molecule has 1 aliphatic heterocycles. The molecule has 1 heterocycles. The highest BCUT2D eigenvalue weighted by atomic mass is 35.5. The predicted molar refractivity (Wildman–Crippen MR) is 149 cm³/mol. The maximum Gasteiger partial charge on any atom is 0.326 e. The van der Waals surface area contributed by atoms with Gasteiger partial charge in [-0.05, 0) is 47.2 Å². The summed E-state index contributed by atoms with van der Waals surface area (Å²) in [5.74, 6) is -1.64. The largest absolute Gasteiger partial charge is 0.480 e. The normalized spacial score (nSPS) is 13.9. The molecule has 0 bridgehead atoms. The highest BCUT2D eigenvalue weighted by Gasteiger charge is 2.24.